The highest BCUT2D eigenvalue weighted by Gasteiger charge is 2.32. The predicted molar refractivity (Wildman–Crippen MR) is 138 cm³/mol. The maximum absolute atomic E-state index is 13.6. The SMILES string of the molecule is CCCNC(=O)[C@@H](CC)N(Cc1ccccc1Cl)C(=O)CN(c1ccc(Cl)cc1C)S(C)(=O)=O. The summed E-state index contributed by atoms with van der Waals surface area (Å²) in [5.41, 5.74) is 1.62. The highest BCUT2D eigenvalue weighted by molar-refractivity contribution is 7.92. The number of halogens is 2. The molecule has 0 heterocycles. The van der Waals surface area contributed by atoms with Crippen molar-refractivity contribution < 1.29 is 18.0 Å². The average molecular weight is 529 g/mol. The number of carbonyl (C=O) groups excluding carboxylic acids is 2. The molecule has 0 spiro atoms. The van der Waals surface area contributed by atoms with Gasteiger partial charge in [0, 0.05) is 23.1 Å². The molecule has 0 unspecified atom stereocenters. The van der Waals surface area contributed by atoms with Gasteiger partial charge < -0.3 is 10.2 Å². The van der Waals surface area contributed by atoms with Gasteiger partial charge in [-0.2, -0.15) is 0 Å². The summed E-state index contributed by atoms with van der Waals surface area (Å²) in [5.74, 6) is -0.809. The second-order valence-electron chi connectivity index (χ2n) is 8.03. The minimum absolute atomic E-state index is 0.0633. The van der Waals surface area contributed by atoms with Gasteiger partial charge in [-0.1, -0.05) is 55.2 Å². The first-order valence-electron chi connectivity index (χ1n) is 11.0. The van der Waals surface area contributed by atoms with Crippen molar-refractivity contribution in [2.45, 2.75) is 46.2 Å². The Kier molecular flexibility index (Phi) is 10.2. The van der Waals surface area contributed by atoms with Crippen molar-refractivity contribution in [3.8, 4) is 0 Å². The lowest BCUT2D eigenvalue weighted by atomic mass is 10.1. The van der Waals surface area contributed by atoms with Crippen LogP contribution in [0, 0.1) is 6.92 Å². The maximum atomic E-state index is 13.6. The lowest BCUT2D eigenvalue weighted by Gasteiger charge is -2.33. The van der Waals surface area contributed by atoms with Crippen LogP contribution in [0.4, 0.5) is 5.69 Å². The van der Waals surface area contributed by atoms with Crippen molar-refractivity contribution in [2.75, 3.05) is 23.7 Å². The van der Waals surface area contributed by atoms with E-state index in [2.05, 4.69) is 5.32 Å². The molecule has 0 aliphatic carbocycles. The van der Waals surface area contributed by atoms with Crippen molar-refractivity contribution in [1.29, 1.82) is 0 Å². The van der Waals surface area contributed by atoms with Crippen molar-refractivity contribution in [3.63, 3.8) is 0 Å². The molecule has 7 nitrogen and oxygen atoms in total. The molecule has 2 rings (SSSR count). The quantitative estimate of drug-likeness (QED) is 0.469. The van der Waals surface area contributed by atoms with Crippen LogP contribution in [-0.2, 0) is 26.2 Å². The first-order chi connectivity index (χ1) is 16.0. The molecular formula is C24H31Cl2N3O4S. The zero-order chi connectivity index (χ0) is 25.5. The smallest absolute Gasteiger partial charge is 0.244 e. The van der Waals surface area contributed by atoms with E-state index in [1.807, 2.05) is 6.92 Å². The summed E-state index contributed by atoms with van der Waals surface area (Å²) in [7, 11) is -3.81. The van der Waals surface area contributed by atoms with E-state index < -0.39 is 28.5 Å². The van der Waals surface area contributed by atoms with Crippen molar-refractivity contribution in [2.24, 2.45) is 0 Å². The fraction of sp³-hybridized carbons (Fsp3) is 0.417. The molecule has 0 bridgehead atoms. The number of carbonyl (C=O) groups is 2. The minimum atomic E-state index is -3.81. The lowest BCUT2D eigenvalue weighted by Crippen LogP contribution is -2.52. The summed E-state index contributed by atoms with van der Waals surface area (Å²) >= 11 is 12.4. The van der Waals surface area contributed by atoms with Gasteiger partial charge in [-0.3, -0.25) is 13.9 Å². The fourth-order valence-corrected chi connectivity index (χ4v) is 4.92. The Balaban J connectivity index is 2.47. The molecule has 10 heteroatoms. The van der Waals surface area contributed by atoms with Crippen LogP contribution >= 0.6 is 23.2 Å². The molecule has 0 aliphatic rings. The normalized spacial score (nSPS) is 12.2. The zero-order valence-electron chi connectivity index (χ0n) is 19.8. The van der Waals surface area contributed by atoms with Crippen molar-refractivity contribution in [1.82, 2.24) is 10.2 Å². The molecule has 0 aromatic heterocycles. The molecule has 2 aromatic carbocycles. The largest absolute Gasteiger partial charge is 0.354 e. The molecule has 0 radical (unpaired) electrons. The van der Waals surface area contributed by atoms with E-state index in [9.17, 15) is 18.0 Å². The van der Waals surface area contributed by atoms with E-state index in [0.717, 1.165) is 17.0 Å². The van der Waals surface area contributed by atoms with Crippen LogP contribution in [0.5, 0.6) is 0 Å². The van der Waals surface area contributed by atoms with Gasteiger partial charge in [-0.05, 0) is 55.2 Å². The molecule has 0 aliphatic heterocycles. The first kappa shape index (κ1) is 28.0. The number of rotatable bonds is 11. The van der Waals surface area contributed by atoms with Crippen LogP contribution in [0.15, 0.2) is 42.5 Å². The Labute approximate surface area is 212 Å². The molecule has 0 saturated heterocycles. The molecule has 1 atom stereocenters. The molecule has 2 aromatic rings. The van der Waals surface area contributed by atoms with Gasteiger partial charge in [0.15, 0.2) is 0 Å². The summed E-state index contributed by atoms with van der Waals surface area (Å²) in [5, 5.41) is 3.75. The maximum Gasteiger partial charge on any atom is 0.244 e. The Morgan fingerprint density at radius 3 is 2.32 bits per heavy atom. The second kappa shape index (κ2) is 12.4. The van der Waals surface area contributed by atoms with Crippen LogP contribution < -0.4 is 9.62 Å². The van der Waals surface area contributed by atoms with Gasteiger partial charge in [0.2, 0.25) is 21.8 Å². The van der Waals surface area contributed by atoms with Crippen LogP contribution in [-0.4, -0.2) is 50.5 Å². The van der Waals surface area contributed by atoms with Crippen LogP contribution in [0.1, 0.15) is 37.8 Å². The van der Waals surface area contributed by atoms with Gasteiger partial charge in [0.1, 0.15) is 12.6 Å². The molecule has 0 fully saturated rings. The van der Waals surface area contributed by atoms with Gasteiger partial charge in [-0.25, -0.2) is 8.42 Å². The van der Waals surface area contributed by atoms with E-state index in [4.69, 9.17) is 23.2 Å². The van der Waals surface area contributed by atoms with E-state index in [0.29, 0.717) is 39.8 Å². The lowest BCUT2D eigenvalue weighted by molar-refractivity contribution is -0.140. The topological polar surface area (TPSA) is 86.8 Å². The standard InChI is InChI=1S/C24H31Cl2N3O4S/c1-5-13-27-24(31)21(6-2)28(15-18-9-7-8-10-20(18)26)23(30)16-29(34(4,32)33)22-12-11-19(25)14-17(22)3/h7-12,14,21H,5-6,13,15-16H2,1-4H3,(H,27,31)/t21-/m1/s1. The summed E-state index contributed by atoms with van der Waals surface area (Å²) in [4.78, 5) is 27.9. The van der Waals surface area contributed by atoms with E-state index in [1.54, 1.807) is 56.3 Å². The number of hydrogen-bond acceptors (Lipinski definition) is 4. The third kappa shape index (κ3) is 7.35. The second-order valence-corrected chi connectivity index (χ2v) is 10.8. The number of sulfonamides is 1. The number of benzene rings is 2. The summed E-state index contributed by atoms with van der Waals surface area (Å²) in [6.07, 6.45) is 2.14. The fourth-order valence-electron chi connectivity index (χ4n) is 3.59. The van der Waals surface area contributed by atoms with Gasteiger partial charge >= 0.3 is 0 Å². The molecule has 186 valence electrons. The first-order valence-corrected chi connectivity index (χ1v) is 13.6. The predicted octanol–water partition coefficient (Wildman–Crippen LogP) is 4.40. The Morgan fingerprint density at radius 2 is 1.76 bits per heavy atom. The minimum Gasteiger partial charge on any atom is -0.354 e. The molecule has 0 saturated carbocycles. The Bertz CT molecular complexity index is 1120. The highest BCUT2D eigenvalue weighted by Crippen LogP contribution is 2.26. The number of anilines is 1. The van der Waals surface area contributed by atoms with Crippen molar-refractivity contribution >= 4 is 50.7 Å². The van der Waals surface area contributed by atoms with Crippen LogP contribution in [0.3, 0.4) is 0 Å². The molecule has 1 N–H and O–H groups in total. The van der Waals surface area contributed by atoms with Crippen LogP contribution in [0.25, 0.3) is 0 Å². The summed E-state index contributed by atoms with van der Waals surface area (Å²) < 4.78 is 26.4. The number of hydrogen-bond donors (Lipinski definition) is 1. The zero-order valence-corrected chi connectivity index (χ0v) is 22.2. The molecular weight excluding hydrogens is 497 g/mol. The van der Waals surface area contributed by atoms with Gasteiger partial charge in [-0.15, -0.1) is 0 Å². The van der Waals surface area contributed by atoms with E-state index in [1.165, 1.54) is 4.90 Å². The number of aryl methyl sites for hydroxylation is 1. The molecule has 2 amide bonds. The Hall–Kier alpha value is -2.29. The Morgan fingerprint density at radius 1 is 1.09 bits per heavy atom. The monoisotopic (exact) mass is 527 g/mol. The van der Waals surface area contributed by atoms with Crippen LogP contribution in [0.2, 0.25) is 10.0 Å². The van der Waals surface area contributed by atoms with Crippen molar-refractivity contribution in [3.05, 3.63) is 63.6 Å². The molecule has 34 heavy (non-hydrogen) atoms. The van der Waals surface area contributed by atoms with E-state index >= 15 is 0 Å². The van der Waals surface area contributed by atoms with E-state index in [-0.39, 0.29) is 12.5 Å². The average Bonchev–Trinajstić information content (AvgIpc) is 2.76. The highest BCUT2D eigenvalue weighted by atomic mass is 35.5. The summed E-state index contributed by atoms with van der Waals surface area (Å²) in [6, 6.07) is 11.0. The van der Waals surface area contributed by atoms with Gasteiger partial charge in [0.05, 0.1) is 11.9 Å². The third-order valence-corrected chi connectivity index (χ3v) is 7.07. The summed E-state index contributed by atoms with van der Waals surface area (Å²) in [6.45, 7) is 5.53. The van der Waals surface area contributed by atoms with Gasteiger partial charge in [0.25, 0.3) is 0 Å². The number of amides is 2. The number of nitrogens with zero attached hydrogens (tertiary/aromatic N) is 2. The number of nitrogens with one attached hydrogen (secondary N) is 1. The third-order valence-electron chi connectivity index (χ3n) is 5.34.